The minimum Gasteiger partial charge on any atom is -0.454 e. The maximum absolute atomic E-state index is 12.8. The number of hydrazine groups is 1. The Morgan fingerprint density at radius 2 is 1.58 bits per heavy atom. The molecule has 0 radical (unpaired) electrons. The number of hydrogen-bond acceptors (Lipinski definition) is 6. The van der Waals surface area contributed by atoms with E-state index >= 15 is 0 Å². The minimum atomic E-state index is -1.16. The highest BCUT2D eigenvalue weighted by molar-refractivity contribution is 6.33. The molecule has 0 bridgehead atoms. The fraction of sp³-hybridized carbons (Fsp3) is 0.261. The second-order valence-corrected chi connectivity index (χ2v) is 7.68. The molecule has 1 aliphatic heterocycles. The first-order chi connectivity index (χ1) is 15.8. The summed E-state index contributed by atoms with van der Waals surface area (Å²) in [5.74, 6) is -3.49. The number of nitrogens with one attached hydrogen (secondary N) is 2. The number of amides is 4. The predicted molar refractivity (Wildman–Crippen MR) is 118 cm³/mol. The van der Waals surface area contributed by atoms with Crippen LogP contribution in [-0.2, 0) is 14.3 Å². The first kappa shape index (κ1) is 23.9. The average molecular weight is 472 g/mol. The van der Waals surface area contributed by atoms with E-state index in [0.29, 0.717) is 6.42 Å². The van der Waals surface area contributed by atoms with Crippen molar-refractivity contribution in [3.8, 4) is 0 Å². The lowest BCUT2D eigenvalue weighted by molar-refractivity contribution is -0.152. The number of imide groups is 1. The molecule has 10 heteroatoms. The molecule has 0 spiro atoms. The number of rotatable bonds is 8. The molecular weight excluding hydrogens is 450 g/mol. The Kier molecular flexibility index (Phi) is 7.78. The molecule has 2 aromatic carbocycles. The molecule has 0 aromatic heterocycles. The third-order valence-corrected chi connectivity index (χ3v) is 5.35. The summed E-state index contributed by atoms with van der Waals surface area (Å²) >= 11 is 5.93. The maximum atomic E-state index is 12.8. The van der Waals surface area contributed by atoms with Crippen molar-refractivity contribution in [1.82, 2.24) is 15.8 Å². The zero-order valence-corrected chi connectivity index (χ0v) is 18.6. The first-order valence-electron chi connectivity index (χ1n) is 10.3. The van der Waals surface area contributed by atoms with Gasteiger partial charge in [-0.05, 0) is 30.7 Å². The van der Waals surface area contributed by atoms with Crippen molar-refractivity contribution in [2.45, 2.75) is 32.2 Å². The Morgan fingerprint density at radius 3 is 2.18 bits per heavy atom. The van der Waals surface area contributed by atoms with Crippen LogP contribution in [0.4, 0.5) is 0 Å². The lowest BCUT2D eigenvalue weighted by Gasteiger charge is -2.24. The smallest absolute Gasteiger partial charge is 0.329 e. The van der Waals surface area contributed by atoms with Gasteiger partial charge in [-0.2, -0.15) is 0 Å². The molecule has 1 atom stereocenters. The Balaban J connectivity index is 1.60. The highest BCUT2D eigenvalue weighted by Gasteiger charge is 2.43. The summed E-state index contributed by atoms with van der Waals surface area (Å²) in [6.07, 6.45) is 1.49. The normalized spacial score (nSPS) is 13.3. The van der Waals surface area contributed by atoms with Gasteiger partial charge in [0.25, 0.3) is 23.6 Å². The summed E-state index contributed by atoms with van der Waals surface area (Å²) in [6, 6.07) is 11.4. The lowest BCUT2D eigenvalue weighted by Crippen LogP contribution is -2.47. The molecule has 3 rings (SSSR count). The highest BCUT2D eigenvalue weighted by Crippen LogP contribution is 2.26. The van der Waals surface area contributed by atoms with Crippen LogP contribution >= 0.6 is 11.6 Å². The van der Waals surface area contributed by atoms with Gasteiger partial charge in [0.15, 0.2) is 6.61 Å². The van der Waals surface area contributed by atoms with Crippen LogP contribution < -0.4 is 10.9 Å². The Labute approximate surface area is 195 Å². The SMILES string of the molecule is CCCC[C@@H](C(=O)OCC(=O)NNC(=O)c1ccccc1Cl)N1C(=O)c2ccccc2C1=O. The van der Waals surface area contributed by atoms with Crippen molar-refractivity contribution >= 4 is 41.2 Å². The molecule has 0 aliphatic carbocycles. The van der Waals surface area contributed by atoms with Crippen LogP contribution in [0.15, 0.2) is 48.5 Å². The van der Waals surface area contributed by atoms with Gasteiger partial charge < -0.3 is 4.74 Å². The van der Waals surface area contributed by atoms with Crippen LogP contribution in [0.1, 0.15) is 57.3 Å². The molecule has 33 heavy (non-hydrogen) atoms. The number of benzene rings is 2. The zero-order valence-electron chi connectivity index (χ0n) is 17.8. The molecule has 0 fully saturated rings. The maximum Gasteiger partial charge on any atom is 0.329 e. The summed E-state index contributed by atoms with van der Waals surface area (Å²) in [7, 11) is 0. The fourth-order valence-electron chi connectivity index (χ4n) is 3.35. The van der Waals surface area contributed by atoms with Gasteiger partial charge in [-0.25, -0.2) is 4.79 Å². The van der Waals surface area contributed by atoms with E-state index < -0.39 is 42.2 Å². The van der Waals surface area contributed by atoms with Crippen LogP contribution in [0.2, 0.25) is 5.02 Å². The Morgan fingerprint density at radius 1 is 0.970 bits per heavy atom. The molecule has 2 N–H and O–H groups in total. The topological polar surface area (TPSA) is 122 Å². The van der Waals surface area contributed by atoms with Gasteiger partial charge >= 0.3 is 5.97 Å². The van der Waals surface area contributed by atoms with Gasteiger partial charge in [0.1, 0.15) is 6.04 Å². The van der Waals surface area contributed by atoms with E-state index in [1.807, 2.05) is 6.92 Å². The second-order valence-electron chi connectivity index (χ2n) is 7.27. The van der Waals surface area contributed by atoms with E-state index in [-0.39, 0.29) is 28.1 Å². The number of fused-ring (bicyclic) bond motifs is 1. The van der Waals surface area contributed by atoms with Crippen LogP contribution in [0.5, 0.6) is 0 Å². The van der Waals surface area contributed by atoms with E-state index in [9.17, 15) is 24.0 Å². The second kappa shape index (κ2) is 10.7. The summed E-state index contributed by atoms with van der Waals surface area (Å²) in [4.78, 5) is 63.3. The number of hydrogen-bond donors (Lipinski definition) is 2. The van der Waals surface area contributed by atoms with Crippen molar-refractivity contribution in [3.63, 3.8) is 0 Å². The third kappa shape index (κ3) is 5.38. The van der Waals surface area contributed by atoms with E-state index in [0.717, 1.165) is 11.3 Å². The van der Waals surface area contributed by atoms with Crippen molar-refractivity contribution in [2.75, 3.05) is 6.61 Å². The number of unbranched alkanes of at least 4 members (excludes halogenated alkanes) is 1. The van der Waals surface area contributed by atoms with Crippen LogP contribution in [0.3, 0.4) is 0 Å². The number of carbonyl (C=O) groups is 5. The monoisotopic (exact) mass is 471 g/mol. The largest absolute Gasteiger partial charge is 0.454 e. The Bertz CT molecular complexity index is 1070. The predicted octanol–water partition coefficient (Wildman–Crippen LogP) is 2.50. The number of ether oxygens (including phenoxy) is 1. The van der Waals surface area contributed by atoms with Gasteiger partial charge in [0.2, 0.25) is 0 Å². The molecule has 1 aliphatic rings. The van der Waals surface area contributed by atoms with Crippen molar-refractivity contribution in [1.29, 1.82) is 0 Å². The quantitative estimate of drug-likeness (QED) is 0.346. The molecule has 9 nitrogen and oxygen atoms in total. The zero-order chi connectivity index (χ0) is 24.0. The van der Waals surface area contributed by atoms with E-state index in [1.165, 1.54) is 24.3 Å². The van der Waals surface area contributed by atoms with E-state index in [1.54, 1.807) is 24.3 Å². The molecule has 4 amide bonds. The van der Waals surface area contributed by atoms with Crippen molar-refractivity contribution < 1.29 is 28.7 Å². The number of nitrogens with zero attached hydrogens (tertiary/aromatic N) is 1. The standard InChI is InChI=1S/C23H22ClN3O6/c1-2-3-12-18(27-21(30)14-8-4-5-9-15(14)22(27)31)23(32)33-13-19(28)25-26-20(29)16-10-6-7-11-17(16)24/h4-11,18H,2-3,12-13H2,1H3,(H,25,28)(H,26,29)/t18-/m0/s1. The molecule has 172 valence electrons. The van der Waals surface area contributed by atoms with Crippen LogP contribution in [0, 0.1) is 0 Å². The summed E-state index contributed by atoms with van der Waals surface area (Å²) < 4.78 is 5.06. The summed E-state index contributed by atoms with van der Waals surface area (Å²) in [6.45, 7) is 1.19. The van der Waals surface area contributed by atoms with Gasteiger partial charge in [0.05, 0.1) is 21.7 Å². The van der Waals surface area contributed by atoms with E-state index in [2.05, 4.69) is 10.9 Å². The van der Waals surface area contributed by atoms with E-state index in [4.69, 9.17) is 16.3 Å². The van der Waals surface area contributed by atoms with Gasteiger partial charge in [-0.1, -0.05) is 55.6 Å². The van der Waals surface area contributed by atoms with Gasteiger partial charge in [-0.3, -0.25) is 34.9 Å². The number of halogens is 1. The summed E-state index contributed by atoms with van der Waals surface area (Å²) in [5.41, 5.74) is 4.89. The van der Waals surface area contributed by atoms with Crippen LogP contribution in [0.25, 0.3) is 0 Å². The minimum absolute atomic E-state index is 0.154. The molecule has 2 aromatic rings. The number of esters is 1. The van der Waals surface area contributed by atoms with Crippen molar-refractivity contribution in [3.05, 3.63) is 70.2 Å². The summed E-state index contributed by atoms with van der Waals surface area (Å²) in [5, 5.41) is 0.204. The fourth-order valence-corrected chi connectivity index (χ4v) is 3.57. The van der Waals surface area contributed by atoms with Gasteiger partial charge in [-0.15, -0.1) is 0 Å². The van der Waals surface area contributed by atoms with Crippen LogP contribution in [-0.4, -0.2) is 47.1 Å². The van der Waals surface area contributed by atoms with Gasteiger partial charge in [0, 0.05) is 0 Å². The highest BCUT2D eigenvalue weighted by atomic mass is 35.5. The third-order valence-electron chi connectivity index (χ3n) is 5.02. The lowest BCUT2D eigenvalue weighted by atomic mass is 10.1. The number of carbonyl (C=O) groups excluding carboxylic acids is 5. The first-order valence-corrected chi connectivity index (χ1v) is 10.7. The molecule has 0 saturated heterocycles. The molecular formula is C23H22ClN3O6. The Hall–Kier alpha value is -3.72. The average Bonchev–Trinajstić information content (AvgIpc) is 3.07. The van der Waals surface area contributed by atoms with Crippen molar-refractivity contribution in [2.24, 2.45) is 0 Å². The molecule has 1 heterocycles. The molecule has 0 saturated carbocycles. The molecule has 0 unspecified atom stereocenters.